The maximum Gasteiger partial charge on any atom is 0.308 e. The second kappa shape index (κ2) is 8.99. The number of nitrogens with zero attached hydrogens (tertiary/aromatic N) is 5. The van der Waals surface area contributed by atoms with E-state index in [0.29, 0.717) is 32.2 Å². The van der Waals surface area contributed by atoms with Crippen LogP contribution in [-0.2, 0) is 14.4 Å². The van der Waals surface area contributed by atoms with Crippen molar-refractivity contribution in [2.24, 2.45) is 11.8 Å². The highest BCUT2D eigenvalue weighted by atomic mass is 16.4. The van der Waals surface area contributed by atoms with Crippen LogP contribution in [0.3, 0.4) is 0 Å². The predicted molar refractivity (Wildman–Crippen MR) is 102 cm³/mol. The summed E-state index contributed by atoms with van der Waals surface area (Å²) in [5, 5.41) is 9.17. The lowest BCUT2D eigenvalue weighted by Crippen LogP contribution is -2.48. The minimum Gasteiger partial charge on any atom is -0.481 e. The van der Waals surface area contributed by atoms with E-state index >= 15 is 0 Å². The van der Waals surface area contributed by atoms with Gasteiger partial charge in [-0.1, -0.05) is 0 Å². The Morgan fingerprint density at radius 1 is 1.14 bits per heavy atom. The summed E-state index contributed by atoms with van der Waals surface area (Å²) in [6.45, 7) is 2.23. The number of hydrogen-bond acceptors (Lipinski definition) is 6. The van der Waals surface area contributed by atoms with E-state index in [1.807, 2.05) is 0 Å². The molecule has 2 fully saturated rings. The highest BCUT2D eigenvalue weighted by Gasteiger charge is 2.31. The average Bonchev–Trinajstić information content (AvgIpc) is 2.74. The topological polar surface area (TPSA) is 107 Å². The van der Waals surface area contributed by atoms with Crippen LogP contribution in [0.4, 0.5) is 5.82 Å². The molecule has 2 amide bonds. The molecule has 0 aliphatic carbocycles. The summed E-state index contributed by atoms with van der Waals surface area (Å²) in [4.78, 5) is 50.0. The molecular weight excluding hydrogens is 362 g/mol. The number of likely N-dealkylation sites (tertiary alicyclic amines) is 1. The average molecular weight is 389 g/mol. The van der Waals surface area contributed by atoms with Gasteiger partial charge in [-0.05, 0) is 25.7 Å². The number of carboxylic acid groups (broad SMARTS) is 1. The predicted octanol–water partition coefficient (Wildman–Crippen LogP) is 0.475. The van der Waals surface area contributed by atoms with Crippen molar-refractivity contribution in [3.8, 4) is 0 Å². The lowest BCUT2D eigenvalue weighted by molar-refractivity contribution is -0.148. The third-order valence-corrected chi connectivity index (χ3v) is 5.59. The number of carbonyl (C=O) groups is 3. The highest BCUT2D eigenvalue weighted by Crippen LogP contribution is 2.23. The minimum atomic E-state index is -0.864. The molecule has 9 nitrogen and oxygen atoms in total. The highest BCUT2D eigenvalue weighted by molar-refractivity contribution is 5.86. The van der Waals surface area contributed by atoms with Crippen molar-refractivity contribution in [2.45, 2.75) is 25.7 Å². The van der Waals surface area contributed by atoms with Crippen LogP contribution < -0.4 is 4.90 Å². The van der Waals surface area contributed by atoms with Crippen LogP contribution >= 0.6 is 0 Å². The van der Waals surface area contributed by atoms with Crippen LogP contribution in [-0.4, -0.2) is 82.4 Å². The SMILES string of the molecule is CN(CC(=O)N1CCCC(C(=O)O)C1)C(=O)C1CCN(c2cnccn2)CC1. The molecule has 152 valence electrons. The van der Waals surface area contributed by atoms with E-state index in [1.54, 1.807) is 30.5 Å². The van der Waals surface area contributed by atoms with Crippen molar-refractivity contribution < 1.29 is 19.5 Å². The Hall–Kier alpha value is -2.71. The molecule has 0 bridgehead atoms. The molecule has 1 atom stereocenters. The first-order valence-corrected chi connectivity index (χ1v) is 9.72. The number of hydrogen-bond donors (Lipinski definition) is 1. The number of carbonyl (C=O) groups excluding carboxylic acids is 2. The molecule has 0 spiro atoms. The summed E-state index contributed by atoms with van der Waals surface area (Å²) in [6, 6.07) is 0. The number of carboxylic acids is 1. The van der Waals surface area contributed by atoms with Crippen LogP contribution in [0.5, 0.6) is 0 Å². The Kier molecular flexibility index (Phi) is 6.43. The zero-order valence-electron chi connectivity index (χ0n) is 16.2. The zero-order chi connectivity index (χ0) is 20.1. The first kappa shape index (κ1) is 20.0. The van der Waals surface area contributed by atoms with Gasteiger partial charge in [0.2, 0.25) is 11.8 Å². The third-order valence-electron chi connectivity index (χ3n) is 5.59. The van der Waals surface area contributed by atoms with Crippen molar-refractivity contribution in [3.05, 3.63) is 18.6 Å². The monoisotopic (exact) mass is 389 g/mol. The molecule has 0 aromatic carbocycles. The second-order valence-corrected chi connectivity index (χ2v) is 7.54. The van der Waals surface area contributed by atoms with E-state index in [2.05, 4.69) is 14.9 Å². The van der Waals surface area contributed by atoms with Crippen molar-refractivity contribution in [1.29, 1.82) is 0 Å². The Bertz CT molecular complexity index is 706. The molecule has 0 radical (unpaired) electrons. The molecule has 2 aliphatic rings. The van der Waals surface area contributed by atoms with Crippen LogP contribution in [0.2, 0.25) is 0 Å². The van der Waals surface area contributed by atoms with Crippen LogP contribution in [0.1, 0.15) is 25.7 Å². The van der Waals surface area contributed by atoms with Crippen LogP contribution in [0.15, 0.2) is 18.6 Å². The van der Waals surface area contributed by atoms with E-state index in [-0.39, 0.29) is 30.8 Å². The number of amides is 2. The quantitative estimate of drug-likeness (QED) is 0.780. The lowest BCUT2D eigenvalue weighted by Gasteiger charge is -2.35. The molecule has 3 rings (SSSR count). The molecule has 9 heteroatoms. The minimum absolute atomic E-state index is 0.00442. The van der Waals surface area contributed by atoms with Crippen molar-refractivity contribution >= 4 is 23.6 Å². The Balaban J connectivity index is 1.48. The van der Waals surface area contributed by atoms with Gasteiger partial charge in [0.25, 0.3) is 0 Å². The van der Waals surface area contributed by atoms with Crippen LogP contribution in [0.25, 0.3) is 0 Å². The largest absolute Gasteiger partial charge is 0.481 e. The molecule has 1 aromatic rings. The fourth-order valence-corrected chi connectivity index (χ4v) is 3.91. The summed E-state index contributed by atoms with van der Waals surface area (Å²) >= 11 is 0. The summed E-state index contributed by atoms with van der Waals surface area (Å²) < 4.78 is 0. The van der Waals surface area contributed by atoms with Gasteiger partial charge < -0.3 is 19.8 Å². The summed E-state index contributed by atoms with van der Waals surface area (Å²) in [7, 11) is 1.65. The third kappa shape index (κ3) is 4.76. The molecule has 0 saturated carbocycles. The van der Waals surface area contributed by atoms with Gasteiger partial charge in [-0.25, -0.2) is 4.98 Å². The smallest absolute Gasteiger partial charge is 0.308 e. The van der Waals surface area contributed by atoms with Gasteiger partial charge in [0, 0.05) is 51.5 Å². The Morgan fingerprint density at radius 3 is 2.54 bits per heavy atom. The molecular formula is C19H27N5O4. The molecule has 3 heterocycles. The van der Waals surface area contributed by atoms with E-state index in [9.17, 15) is 14.4 Å². The normalized spacial score (nSPS) is 20.7. The molecule has 28 heavy (non-hydrogen) atoms. The van der Waals surface area contributed by atoms with Gasteiger partial charge >= 0.3 is 5.97 Å². The summed E-state index contributed by atoms with van der Waals surface area (Å²) in [5.41, 5.74) is 0. The van der Waals surface area contributed by atoms with Crippen molar-refractivity contribution in [2.75, 3.05) is 44.7 Å². The maximum atomic E-state index is 12.7. The first-order valence-electron chi connectivity index (χ1n) is 9.72. The number of anilines is 1. The fraction of sp³-hybridized carbons (Fsp3) is 0.632. The van der Waals surface area contributed by atoms with Gasteiger partial charge in [0.05, 0.1) is 18.7 Å². The second-order valence-electron chi connectivity index (χ2n) is 7.54. The van der Waals surface area contributed by atoms with Crippen LogP contribution in [0, 0.1) is 11.8 Å². The zero-order valence-corrected chi connectivity index (χ0v) is 16.2. The fourth-order valence-electron chi connectivity index (χ4n) is 3.91. The van der Waals surface area contributed by atoms with Crippen molar-refractivity contribution in [1.82, 2.24) is 19.8 Å². The van der Waals surface area contributed by atoms with Gasteiger partial charge in [-0.3, -0.25) is 19.4 Å². The van der Waals surface area contributed by atoms with E-state index < -0.39 is 11.9 Å². The van der Waals surface area contributed by atoms with Gasteiger partial charge in [0.15, 0.2) is 0 Å². The lowest BCUT2D eigenvalue weighted by atomic mass is 9.95. The number of likely N-dealkylation sites (N-methyl/N-ethyl adjacent to an activating group) is 1. The first-order chi connectivity index (χ1) is 13.5. The number of aliphatic carboxylic acids is 1. The standard InChI is InChI=1S/C19H27N5O4/c1-22(13-17(25)24-8-2-3-15(12-24)19(27)28)18(26)14-4-9-23(10-5-14)16-11-20-6-7-21-16/h6-7,11,14-15H,2-5,8-10,12-13H2,1H3,(H,27,28). The van der Waals surface area contributed by atoms with E-state index in [4.69, 9.17) is 5.11 Å². The van der Waals surface area contributed by atoms with Gasteiger partial charge in [0.1, 0.15) is 5.82 Å². The number of rotatable bonds is 5. The van der Waals surface area contributed by atoms with E-state index in [0.717, 1.165) is 18.9 Å². The summed E-state index contributed by atoms with van der Waals surface area (Å²) in [6.07, 6.45) is 7.70. The molecule has 1 aromatic heterocycles. The number of aromatic nitrogens is 2. The van der Waals surface area contributed by atoms with E-state index in [1.165, 1.54) is 4.90 Å². The Morgan fingerprint density at radius 2 is 1.89 bits per heavy atom. The van der Waals surface area contributed by atoms with Gasteiger partial charge in [-0.2, -0.15) is 0 Å². The molecule has 2 aliphatic heterocycles. The van der Waals surface area contributed by atoms with Crippen molar-refractivity contribution in [3.63, 3.8) is 0 Å². The van der Waals surface area contributed by atoms with Gasteiger partial charge in [-0.15, -0.1) is 0 Å². The molecule has 1 N–H and O–H groups in total. The molecule has 1 unspecified atom stereocenters. The molecule has 2 saturated heterocycles. The summed E-state index contributed by atoms with van der Waals surface area (Å²) in [5.74, 6) is -0.882. The Labute approximate surface area is 164 Å². The number of piperidine rings is 2. The maximum absolute atomic E-state index is 12.7.